The molecule has 5 heteroatoms. The number of halogens is 2. The highest BCUT2D eigenvalue weighted by atomic mass is 35.5. The third kappa shape index (κ3) is 2.39. The summed E-state index contributed by atoms with van der Waals surface area (Å²) in [6, 6.07) is 4.20. The Labute approximate surface area is 78.4 Å². The monoisotopic (exact) mass is 204 g/mol. The van der Waals surface area contributed by atoms with Crippen molar-refractivity contribution in [3.8, 4) is 0 Å². The van der Waals surface area contributed by atoms with Crippen LogP contribution in [0, 0.1) is 11.2 Å². The zero-order chi connectivity index (χ0) is 9.14. The lowest BCUT2D eigenvalue weighted by Crippen LogP contribution is -2.02. The molecule has 0 amide bonds. The number of rotatable bonds is 1. The van der Waals surface area contributed by atoms with Crippen LogP contribution < -0.4 is 5.73 Å². The summed E-state index contributed by atoms with van der Waals surface area (Å²) in [6.45, 7) is 0. The van der Waals surface area contributed by atoms with E-state index < -0.39 is 5.82 Å². The van der Waals surface area contributed by atoms with Gasteiger partial charge in [-0.3, -0.25) is 5.41 Å². The molecule has 0 unspecified atom stereocenters. The molecular formula is C7H6ClFN2S. The maximum absolute atomic E-state index is 12.6. The van der Waals surface area contributed by atoms with Crippen molar-refractivity contribution in [3.63, 3.8) is 0 Å². The maximum Gasteiger partial charge on any atom is 0.155 e. The molecule has 0 aliphatic carbocycles. The van der Waals surface area contributed by atoms with Gasteiger partial charge in [0.05, 0.1) is 5.02 Å². The predicted octanol–water partition coefficient (Wildman–Crippen LogP) is 2.46. The Balaban J connectivity index is 2.89. The topological polar surface area (TPSA) is 49.9 Å². The number of nitrogens with two attached hydrogens (primary N) is 1. The first-order chi connectivity index (χ1) is 5.59. The molecule has 0 saturated heterocycles. The van der Waals surface area contributed by atoms with Crippen molar-refractivity contribution in [2.24, 2.45) is 5.73 Å². The van der Waals surface area contributed by atoms with Crippen LogP contribution in [-0.4, -0.2) is 5.17 Å². The first kappa shape index (κ1) is 9.35. The van der Waals surface area contributed by atoms with Gasteiger partial charge in [0, 0.05) is 4.90 Å². The van der Waals surface area contributed by atoms with Gasteiger partial charge >= 0.3 is 0 Å². The third-order valence-corrected chi connectivity index (χ3v) is 2.12. The zero-order valence-corrected chi connectivity index (χ0v) is 7.55. The molecule has 0 fully saturated rings. The van der Waals surface area contributed by atoms with Crippen molar-refractivity contribution in [2.75, 3.05) is 0 Å². The number of thioether (sulfide) groups is 1. The number of nitrogens with one attached hydrogen (secondary N) is 1. The molecule has 0 bridgehead atoms. The van der Waals surface area contributed by atoms with Gasteiger partial charge in [-0.25, -0.2) is 4.39 Å². The smallest absolute Gasteiger partial charge is 0.155 e. The standard InChI is InChI=1S/C7H6ClFN2S/c8-5-3-4(12-7(10)11)1-2-6(5)9/h1-3H,(H3,10,11). The molecule has 0 aliphatic heterocycles. The van der Waals surface area contributed by atoms with Crippen LogP contribution in [0.5, 0.6) is 0 Å². The fourth-order valence-electron chi connectivity index (χ4n) is 0.667. The van der Waals surface area contributed by atoms with E-state index in [0.717, 1.165) is 11.8 Å². The van der Waals surface area contributed by atoms with Crippen molar-refractivity contribution >= 4 is 28.5 Å². The summed E-state index contributed by atoms with van der Waals surface area (Å²) in [4.78, 5) is 0.661. The molecule has 0 heterocycles. The molecule has 0 aliphatic rings. The van der Waals surface area contributed by atoms with E-state index in [1.807, 2.05) is 0 Å². The average Bonchev–Trinajstić information content (AvgIpc) is 1.96. The van der Waals surface area contributed by atoms with Gasteiger partial charge in [0.15, 0.2) is 5.17 Å². The summed E-state index contributed by atoms with van der Waals surface area (Å²) in [5, 5.41) is 6.96. The fourth-order valence-corrected chi connectivity index (χ4v) is 1.48. The lowest BCUT2D eigenvalue weighted by molar-refractivity contribution is 0.627. The molecule has 0 radical (unpaired) electrons. The van der Waals surface area contributed by atoms with Gasteiger partial charge < -0.3 is 5.73 Å². The lowest BCUT2D eigenvalue weighted by atomic mass is 10.3. The molecule has 1 aromatic carbocycles. The van der Waals surface area contributed by atoms with Crippen molar-refractivity contribution in [2.45, 2.75) is 4.90 Å². The van der Waals surface area contributed by atoms with Crippen molar-refractivity contribution in [3.05, 3.63) is 29.0 Å². The van der Waals surface area contributed by atoms with E-state index in [2.05, 4.69) is 0 Å². The Hall–Kier alpha value is -0.740. The summed E-state index contributed by atoms with van der Waals surface area (Å²) in [7, 11) is 0. The molecule has 1 aromatic rings. The van der Waals surface area contributed by atoms with Crippen LogP contribution in [0.1, 0.15) is 0 Å². The van der Waals surface area contributed by atoms with Gasteiger partial charge in [0.2, 0.25) is 0 Å². The highest BCUT2D eigenvalue weighted by Crippen LogP contribution is 2.23. The zero-order valence-electron chi connectivity index (χ0n) is 5.97. The number of amidine groups is 1. The first-order valence-electron chi connectivity index (χ1n) is 3.06. The van der Waals surface area contributed by atoms with Crippen LogP contribution in [-0.2, 0) is 0 Å². The molecule has 0 atom stereocenters. The van der Waals surface area contributed by atoms with Gasteiger partial charge in [-0.15, -0.1) is 0 Å². The molecular weight excluding hydrogens is 199 g/mol. The molecule has 64 valence electrons. The van der Waals surface area contributed by atoms with Gasteiger partial charge in [0.1, 0.15) is 5.82 Å². The van der Waals surface area contributed by atoms with E-state index in [9.17, 15) is 4.39 Å². The first-order valence-corrected chi connectivity index (χ1v) is 4.26. The highest BCUT2D eigenvalue weighted by Gasteiger charge is 2.01. The van der Waals surface area contributed by atoms with Crippen LogP contribution in [0.4, 0.5) is 4.39 Å². The number of hydrogen-bond donors (Lipinski definition) is 2. The Morgan fingerprint density at radius 2 is 2.25 bits per heavy atom. The van der Waals surface area contributed by atoms with Crippen LogP contribution in [0.15, 0.2) is 23.1 Å². The second kappa shape index (κ2) is 3.78. The second-order valence-corrected chi connectivity index (χ2v) is 3.56. The van der Waals surface area contributed by atoms with Gasteiger partial charge in [-0.2, -0.15) is 0 Å². The summed E-state index contributed by atoms with van der Waals surface area (Å²) < 4.78 is 12.6. The summed E-state index contributed by atoms with van der Waals surface area (Å²) in [5.41, 5.74) is 5.12. The average molecular weight is 205 g/mol. The van der Waals surface area contributed by atoms with E-state index in [1.165, 1.54) is 18.2 Å². The van der Waals surface area contributed by atoms with Gasteiger partial charge in [-0.05, 0) is 18.2 Å². The molecule has 1 rings (SSSR count). The van der Waals surface area contributed by atoms with Crippen LogP contribution >= 0.6 is 23.4 Å². The van der Waals surface area contributed by atoms with Crippen LogP contribution in [0.25, 0.3) is 0 Å². The number of benzene rings is 1. The van der Waals surface area contributed by atoms with E-state index in [-0.39, 0.29) is 10.2 Å². The Bertz CT molecular complexity index is 316. The fraction of sp³-hybridized carbons (Fsp3) is 0. The second-order valence-electron chi connectivity index (χ2n) is 2.04. The van der Waals surface area contributed by atoms with E-state index in [1.54, 1.807) is 0 Å². The molecule has 2 nitrogen and oxygen atoms in total. The molecule has 3 N–H and O–H groups in total. The molecule has 0 spiro atoms. The molecule has 0 aromatic heterocycles. The normalized spacial score (nSPS) is 9.83. The predicted molar refractivity (Wildman–Crippen MR) is 49.2 cm³/mol. The van der Waals surface area contributed by atoms with Crippen molar-refractivity contribution in [1.82, 2.24) is 0 Å². The maximum atomic E-state index is 12.6. The summed E-state index contributed by atoms with van der Waals surface area (Å²) >= 11 is 6.53. The van der Waals surface area contributed by atoms with Gasteiger partial charge in [0.25, 0.3) is 0 Å². The van der Waals surface area contributed by atoms with Crippen LogP contribution in [0.2, 0.25) is 5.02 Å². The number of hydrogen-bond acceptors (Lipinski definition) is 2. The highest BCUT2D eigenvalue weighted by molar-refractivity contribution is 8.13. The Morgan fingerprint density at radius 3 is 2.75 bits per heavy atom. The van der Waals surface area contributed by atoms with Crippen molar-refractivity contribution < 1.29 is 4.39 Å². The molecule has 0 saturated carbocycles. The lowest BCUT2D eigenvalue weighted by Gasteiger charge is -1.99. The quantitative estimate of drug-likeness (QED) is 0.420. The summed E-state index contributed by atoms with van der Waals surface area (Å²) in [6.07, 6.45) is 0. The minimum atomic E-state index is -0.468. The third-order valence-electron chi connectivity index (χ3n) is 1.12. The van der Waals surface area contributed by atoms with E-state index in [4.69, 9.17) is 22.7 Å². The van der Waals surface area contributed by atoms with E-state index >= 15 is 0 Å². The summed E-state index contributed by atoms with van der Waals surface area (Å²) in [5.74, 6) is -0.468. The van der Waals surface area contributed by atoms with Gasteiger partial charge in [-0.1, -0.05) is 23.4 Å². The Kier molecular flexibility index (Phi) is 2.94. The molecule has 12 heavy (non-hydrogen) atoms. The largest absolute Gasteiger partial charge is 0.378 e. The Morgan fingerprint density at radius 1 is 1.58 bits per heavy atom. The minimum Gasteiger partial charge on any atom is -0.378 e. The SMILES string of the molecule is N=C(N)Sc1ccc(F)c(Cl)c1. The van der Waals surface area contributed by atoms with E-state index in [0.29, 0.717) is 4.90 Å². The van der Waals surface area contributed by atoms with Crippen LogP contribution in [0.3, 0.4) is 0 Å². The minimum absolute atomic E-state index is 0.0428. The van der Waals surface area contributed by atoms with Crippen molar-refractivity contribution in [1.29, 1.82) is 5.41 Å².